The van der Waals surface area contributed by atoms with Gasteiger partial charge in [0.05, 0.1) is 12.2 Å². The van der Waals surface area contributed by atoms with Crippen molar-refractivity contribution in [2.45, 2.75) is 30.3 Å². The van der Waals surface area contributed by atoms with E-state index in [0.717, 1.165) is 22.2 Å². The molecule has 21 heavy (non-hydrogen) atoms. The molecule has 3 rings (SSSR count). The van der Waals surface area contributed by atoms with E-state index in [4.69, 9.17) is 0 Å². The van der Waals surface area contributed by atoms with E-state index in [1.54, 1.807) is 29.5 Å². The molecule has 4 nitrogen and oxygen atoms in total. The van der Waals surface area contributed by atoms with Crippen LogP contribution >= 0.6 is 27.3 Å². The predicted octanol–water partition coefficient (Wildman–Crippen LogP) is 3.56. The van der Waals surface area contributed by atoms with Crippen molar-refractivity contribution in [2.24, 2.45) is 0 Å². The molecule has 1 aromatic carbocycles. The third kappa shape index (κ3) is 3.66. The highest BCUT2D eigenvalue weighted by Gasteiger charge is 2.29. The molecule has 0 unspecified atom stereocenters. The molecule has 1 aliphatic rings. The van der Waals surface area contributed by atoms with Crippen molar-refractivity contribution >= 4 is 43.0 Å². The lowest BCUT2D eigenvalue weighted by molar-refractivity contribution is 0.581. The number of rotatable bonds is 6. The highest BCUT2D eigenvalue weighted by atomic mass is 79.9. The summed E-state index contributed by atoms with van der Waals surface area (Å²) in [6.07, 6.45) is 1.86. The van der Waals surface area contributed by atoms with Crippen molar-refractivity contribution < 1.29 is 8.42 Å². The Morgan fingerprint density at radius 2 is 2.00 bits per heavy atom. The number of benzene rings is 1. The first-order valence-corrected chi connectivity index (χ1v) is 9.79. The molecule has 0 saturated heterocycles. The Hall–Kier alpha value is -0.890. The lowest BCUT2D eigenvalue weighted by atomic mass is 10.3. The second kappa shape index (κ2) is 6.08. The summed E-state index contributed by atoms with van der Waals surface area (Å²) in [4.78, 5) is 1.45. The normalized spacial score (nSPS) is 15.1. The fraction of sp³-hybridized carbons (Fsp3) is 0.286. The van der Waals surface area contributed by atoms with Crippen molar-refractivity contribution in [3.05, 3.63) is 45.1 Å². The van der Waals surface area contributed by atoms with Gasteiger partial charge in [0.1, 0.15) is 4.90 Å². The van der Waals surface area contributed by atoms with Gasteiger partial charge in [0, 0.05) is 15.4 Å². The Morgan fingerprint density at radius 1 is 1.24 bits per heavy atom. The maximum Gasteiger partial charge on any atom is 0.242 e. The standard InChI is InChI=1S/C14H15BrN2O2S2/c15-11-7-8-20-13(11)9-16-12-3-1-2-4-14(12)21(18,19)17-10-5-6-10/h1-4,7-8,10,16-17H,5-6,9H2. The summed E-state index contributed by atoms with van der Waals surface area (Å²) >= 11 is 5.11. The number of halogens is 1. The van der Waals surface area contributed by atoms with Crippen molar-refractivity contribution in [3.8, 4) is 0 Å². The average Bonchev–Trinajstić information content (AvgIpc) is 3.16. The van der Waals surface area contributed by atoms with E-state index in [0.29, 0.717) is 17.1 Å². The van der Waals surface area contributed by atoms with Gasteiger partial charge in [-0.1, -0.05) is 12.1 Å². The van der Waals surface area contributed by atoms with Crippen LogP contribution in [0.4, 0.5) is 5.69 Å². The molecule has 0 spiro atoms. The van der Waals surface area contributed by atoms with Gasteiger partial charge >= 0.3 is 0 Å². The second-order valence-corrected chi connectivity index (χ2v) is 8.47. The van der Waals surface area contributed by atoms with E-state index < -0.39 is 10.0 Å². The second-order valence-electron chi connectivity index (χ2n) is 4.94. The molecule has 2 N–H and O–H groups in total. The quantitative estimate of drug-likeness (QED) is 0.797. The Bertz CT molecular complexity index is 739. The molecule has 7 heteroatoms. The van der Waals surface area contributed by atoms with E-state index in [2.05, 4.69) is 26.0 Å². The number of nitrogens with one attached hydrogen (secondary N) is 2. The van der Waals surface area contributed by atoms with Gasteiger partial charge in [-0.05, 0) is 52.4 Å². The summed E-state index contributed by atoms with van der Waals surface area (Å²) < 4.78 is 28.5. The van der Waals surface area contributed by atoms with Gasteiger partial charge in [-0.15, -0.1) is 11.3 Å². The van der Waals surface area contributed by atoms with Crippen LogP contribution in [-0.2, 0) is 16.6 Å². The predicted molar refractivity (Wildman–Crippen MR) is 89.1 cm³/mol. The first-order valence-electron chi connectivity index (χ1n) is 6.63. The van der Waals surface area contributed by atoms with Crippen LogP contribution in [0.3, 0.4) is 0 Å². The molecule has 1 aromatic heterocycles. The first kappa shape index (κ1) is 15.0. The van der Waals surface area contributed by atoms with Gasteiger partial charge in [-0.25, -0.2) is 13.1 Å². The largest absolute Gasteiger partial charge is 0.379 e. The molecule has 2 aromatic rings. The molecule has 0 amide bonds. The summed E-state index contributed by atoms with van der Waals surface area (Å²) in [5.41, 5.74) is 0.631. The fourth-order valence-corrected chi connectivity index (χ4v) is 4.88. The molecule has 1 saturated carbocycles. The lowest BCUT2D eigenvalue weighted by Crippen LogP contribution is -2.26. The molecule has 0 aliphatic heterocycles. The van der Waals surface area contributed by atoms with Gasteiger partial charge in [0.15, 0.2) is 0 Å². The molecular weight excluding hydrogens is 372 g/mol. The van der Waals surface area contributed by atoms with Crippen LogP contribution in [0.15, 0.2) is 45.1 Å². The van der Waals surface area contributed by atoms with Crippen molar-refractivity contribution in [1.29, 1.82) is 0 Å². The minimum Gasteiger partial charge on any atom is -0.379 e. The third-order valence-corrected chi connectivity index (χ3v) is 6.71. The first-order chi connectivity index (χ1) is 10.1. The van der Waals surface area contributed by atoms with E-state index in [-0.39, 0.29) is 6.04 Å². The van der Waals surface area contributed by atoms with Gasteiger partial charge in [-0.3, -0.25) is 0 Å². The highest BCUT2D eigenvalue weighted by Crippen LogP contribution is 2.28. The number of hydrogen-bond acceptors (Lipinski definition) is 4. The molecule has 0 bridgehead atoms. The molecule has 1 aliphatic carbocycles. The summed E-state index contributed by atoms with van der Waals surface area (Å²) in [6, 6.07) is 9.10. The Kier molecular flexibility index (Phi) is 4.35. The average molecular weight is 387 g/mol. The molecule has 1 fully saturated rings. The van der Waals surface area contributed by atoms with Crippen LogP contribution in [0, 0.1) is 0 Å². The monoisotopic (exact) mass is 386 g/mol. The summed E-state index contributed by atoms with van der Waals surface area (Å²) in [7, 11) is -3.45. The van der Waals surface area contributed by atoms with Crippen LogP contribution in [0.5, 0.6) is 0 Å². The summed E-state index contributed by atoms with van der Waals surface area (Å²) in [5.74, 6) is 0. The number of para-hydroxylation sites is 1. The van der Waals surface area contributed by atoms with Gasteiger partial charge in [0.2, 0.25) is 10.0 Å². The van der Waals surface area contributed by atoms with Gasteiger partial charge < -0.3 is 5.32 Å². The van der Waals surface area contributed by atoms with Gasteiger partial charge in [0.25, 0.3) is 0 Å². The topological polar surface area (TPSA) is 58.2 Å². The Balaban J connectivity index is 1.80. The number of thiophene rings is 1. The fourth-order valence-electron chi connectivity index (χ4n) is 1.96. The van der Waals surface area contributed by atoms with Crippen molar-refractivity contribution in [2.75, 3.05) is 5.32 Å². The maximum absolute atomic E-state index is 12.4. The lowest BCUT2D eigenvalue weighted by Gasteiger charge is -2.12. The zero-order chi connectivity index (χ0) is 14.9. The molecule has 0 atom stereocenters. The third-order valence-electron chi connectivity index (χ3n) is 3.21. The Morgan fingerprint density at radius 3 is 2.67 bits per heavy atom. The smallest absolute Gasteiger partial charge is 0.242 e. The van der Waals surface area contributed by atoms with E-state index in [9.17, 15) is 8.42 Å². The number of anilines is 1. The molecule has 112 valence electrons. The van der Waals surface area contributed by atoms with Crippen molar-refractivity contribution in [3.63, 3.8) is 0 Å². The van der Waals surface area contributed by atoms with Crippen LogP contribution in [0.25, 0.3) is 0 Å². The van der Waals surface area contributed by atoms with Crippen molar-refractivity contribution in [1.82, 2.24) is 4.72 Å². The zero-order valence-electron chi connectivity index (χ0n) is 11.2. The SMILES string of the molecule is O=S(=O)(NC1CC1)c1ccccc1NCc1sccc1Br. The molecular formula is C14H15BrN2O2S2. The van der Waals surface area contributed by atoms with Crippen LogP contribution in [0.1, 0.15) is 17.7 Å². The van der Waals surface area contributed by atoms with E-state index in [1.807, 2.05) is 17.5 Å². The van der Waals surface area contributed by atoms with Crippen LogP contribution in [0.2, 0.25) is 0 Å². The minimum atomic E-state index is -3.45. The van der Waals surface area contributed by atoms with Crippen LogP contribution < -0.4 is 10.0 Å². The van der Waals surface area contributed by atoms with E-state index >= 15 is 0 Å². The molecule has 1 heterocycles. The van der Waals surface area contributed by atoms with Crippen LogP contribution in [-0.4, -0.2) is 14.5 Å². The zero-order valence-corrected chi connectivity index (χ0v) is 14.4. The minimum absolute atomic E-state index is 0.106. The van der Waals surface area contributed by atoms with Gasteiger partial charge in [-0.2, -0.15) is 0 Å². The van der Waals surface area contributed by atoms with E-state index in [1.165, 1.54) is 0 Å². The highest BCUT2D eigenvalue weighted by molar-refractivity contribution is 9.10. The maximum atomic E-state index is 12.4. The molecule has 0 radical (unpaired) electrons. The number of hydrogen-bond donors (Lipinski definition) is 2. The number of sulfonamides is 1. The Labute approximate surface area is 136 Å². The summed E-state index contributed by atoms with van der Waals surface area (Å²) in [6.45, 7) is 0.591. The summed E-state index contributed by atoms with van der Waals surface area (Å²) in [5, 5.41) is 5.22.